The highest BCUT2D eigenvalue weighted by Crippen LogP contribution is 2.36. The average Bonchev–Trinajstić information content (AvgIpc) is 1.10. The number of fused-ring (bicyclic) bond motifs is 1. The van der Waals surface area contributed by atoms with Gasteiger partial charge < -0.3 is 46.4 Å². The van der Waals surface area contributed by atoms with Crippen LogP contribution in [-0.4, -0.2) is 91.3 Å². The third-order valence-electron chi connectivity index (χ3n) is 17.2. The number of rotatable bonds is 30. The molecule has 13 rings (SSSR count). The second-order valence-electron chi connectivity index (χ2n) is 24.7. The molecule has 0 aliphatic carbocycles. The maximum absolute atomic E-state index is 11.2. The zero-order valence-electron chi connectivity index (χ0n) is 61.8. The number of carboxylic acid groups (broad SMARTS) is 4. The molecular formula is C86H82N12O9S4. The van der Waals surface area contributed by atoms with Crippen LogP contribution in [0.5, 0.6) is 5.75 Å². The zero-order valence-corrected chi connectivity index (χ0v) is 65.1. The van der Waals surface area contributed by atoms with E-state index in [4.69, 9.17) is 54.8 Å². The van der Waals surface area contributed by atoms with E-state index in [-0.39, 0.29) is 23.1 Å². The topological polar surface area (TPSA) is 310 Å². The molecule has 0 aliphatic heterocycles. The van der Waals surface area contributed by atoms with Crippen LogP contribution < -0.4 is 26.0 Å². The first kappa shape index (κ1) is 80.9. The molecule has 0 saturated heterocycles. The summed E-state index contributed by atoms with van der Waals surface area (Å²) in [4.78, 5) is 82.3. The van der Waals surface area contributed by atoms with Crippen molar-refractivity contribution < 1.29 is 44.3 Å². The second kappa shape index (κ2) is 39.4. The lowest BCUT2D eigenvalue weighted by atomic mass is 10.1. The van der Waals surface area contributed by atoms with Crippen molar-refractivity contribution in [2.24, 2.45) is 0 Å². The largest absolute Gasteiger partial charge is 0.495 e. The van der Waals surface area contributed by atoms with Gasteiger partial charge in [0, 0.05) is 106 Å². The third kappa shape index (κ3) is 21.2. The lowest BCUT2D eigenvalue weighted by molar-refractivity contribution is -0.136. The molecule has 0 saturated carbocycles. The molecule has 8 heterocycles. The third-order valence-corrected chi connectivity index (χ3v) is 20.0. The van der Waals surface area contributed by atoms with Crippen molar-refractivity contribution in [3.63, 3.8) is 0 Å². The van der Waals surface area contributed by atoms with Gasteiger partial charge in [0.25, 0.3) is 0 Å². The Bertz CT molecular complexity index is 5420. The van der Waals surface area contributed by atoms with Crippen LogP contribution in [0.15, 0.2) is 221 Å². The molecule has 0 atom stereocenters. The fourth-order valence-corrected chi connectivity index (χ4v) is 14.3. The highest BCUT2D eigenvalue weighted by Gasteiger charge is 2.21. The summed E-state index contributed by atoms with van der Waals surface area (Å²) in [5.41, 5.74) is 16.5. The van der Waals surface area contributed by atoms with E-state index in [0.717, 1.165) is 144 Å². The molecule has 8 N–H and O–H groups in total. The number of carbonyl (C=O) groups is 4. The van der Waals surface area contributed by atoms with Gasteiger partial charge in [-0.1, -0.05) is 76.3 Å². The number of methoxy groups -OCH3 is 1. The van der Waals surface area contributed by atoms with Crippen molar-refractivity contribution in [3.8, 4) is 51.3 Å². The van der Waals surface area contributed by atoms with Crippen molar-refractivity contribution >= 4 is 126 Å². The van der Waals surface area contributed by atoms with Crippen LogP contribution in [0, 0.1) is 0 Å². The van der Waals surface area contributed by atoms with Gasteiger partial charge in [-0.25, -0.2) is 54.3 Å². The Labute approximate surface area is 659 Å². The number of hydrogen-bond donors (Lipinski definition) is 8. The normalized spacial score (nSPS) is 10.6. The predicted octanol–water partition coefficient (Wildman–Crippen LogP) is 20.8. The van der Waals surface area contributed by atoms with Crippen LogP contribution >= 0.6 is 45.3 Å². The fourth-order valence-electron chi connectivity index (χ4n) is 11.7. The maximum atomic E-state index is 11.2. The number of aryl methyl sites for hydroxylation is 4. The van der Waals surface area contributed by atoms with Crippen molar-refractivity contribution in [1.82, 2.24) is 39.9 Å². The Balaban J connectivity index is 0.000000157. The number of aliphatic carboxylic acids is 1. The van der Waals surface area contributed by atoms with Crippen LogP contribution in [0.3, 0.4) is 0 Å². The molecule has 0 amide bonds. The molecule has 0 fully saturated rings. The van der Waals surface area contributed by atoms with E-state index in [0.29, 0.717) is 66.2 Å². The van der Waals surface area contributed by atoms with E-state index < -0.39 is 23.9 Å². The summed E-state index contributed by atoms with van der Waals surface area (Å²) in [6.45, 7) is 23.7. The molecule has 21 nitrogen and oxygen atoms in total. The molecule has 0 radical (unpaired) electrons. The summed E-state index contributed by atoms with van der Waals surface area (Å²) in [7, 11) is 1.50. The standard InChI is InChI=1S/C24H21N3O2S.C21H21N3O3S.C21H21N3O2S.C20H19N3O2S/c1-3-5-20-21(4-2)26-22(18-10-11-30-14-18)27-23(20)25-19-9-8-15-12-17(24(28)29)7-6-16(15)13-19;1-4-6-15-16(5-2)22-19(14-9-10-28-12-14)24-20(15)23-17-8-7-13(21(25)26)11-18(17)27-3;1-3-5-17-18(4-2)23-20(15-10-11-27-13-15)24-21(17)22-16-8-6-14(7-9-16)12-19(25)26;1-3-5-16-17(4-2)22-18(14-10-11-26-12-14)23-19(16)21-15-8-6-13(7-9-15)20(24)25/h3,6-14H,1,4-5H2,2H3,(H,28,29)(H,25,26,27);4,7-12H,1,5-6H2,2-3H3,(H,25,26)(H,22,23,24);3,6-11,13H,1,4-5,12H2,2H3,(H,25,26)(H,22,23,24);3,6-12H,1,4-5H2,2H3,(H,24,25)(H,21,22,23). The number of ether oxygens (including phenoxy) is 1. The first-order valence-corrected chi connectivity index (χ1v) is 39.2. The average molecular weight is 1560 g/mol. The monoisotopic (exact) mass is 1550 g/mol. The molecule has 0 bridgehead atoms. The molecule has 0 unspecified atom stereocenters. The Morgan fingerprint density at radius 1 is 0.387 bits per heavy atom. The first-order valence-electron chi connectivity index (χ1n) is 35.4. The summed E-state index contributed by atoms with van der Waals surface area (Å²) in [5, 5.41) is 67.7. The zero-order chi connectivity index (χ0) is 78.9. The minimum atomic E-state index is -1.01. The Morgan fingerprint density at radius 2 is 0.712 bits per heavy atom. The fraction of sp³-hybridized carbons (Fsp3) is 0.163. The van der Waals surface area contributed by atoms with Crippen LogP contribution in [-0.2, 0) is 62.6 Å². The number of anilines is 8. The van der Waals surface area contributed by atoms with Gasteiger partial charge in [-0.05, 0) is 192 Å². The van der Waals surface area contributed by atoms with Gasteiger partial charge in [0.05, 0.1) is 35.9 Å². The van der Waals surface area contributed by atoms with Crippen LogP contribution in [0.25, 0.3) is 56.3 Å². The van der Waals surface area contributed by atoms with Gasteiger partial charge in [0.15, 0.2) is 23.3 Å². The molecule has 25 heteroatoms. The van der Waals surface area contributed by atoms with Gasteiger partial charge in [-0.2, -0.15) is 45.3 Å². The van der Waals surface area contributed by atoms with E-state index in [1.54, 1.807) is 87.8 Å². The maximum Gasteiger partial charge on any atom is 0.335 e. The van der Waals surface area contributed by atoms with Gasteiger partial charge in [-0.15, -0.1) is 26.3 Å². The number of benzene rings is 5. The molecule has 0 aliphatic rings. The summed E-state index contributed by atoms with van der Waals surface area (Å²) in [5.74, 6) is 2.35. The van der Waals surface area contributed by atoms with Gasteiger partial charge in [0.2, 0.25) is 0 Å². The second-order valence-corrected chi connectivity index (χ2v) is 27.8. The number of nitrogens with one attached hydrogen (secondary N) is 4. The highest BCUT2D eigenvalue weighted by molar-refractivity contribution is 7.09. The molecule has 564 valence electrons. The Hall–Kier alpha value is -12.7. The quantitative estimate of drug-likeness (QED) is 0.0194. The van der Waals surface area contributed by atoms with Crippen LogP contribution in [0.4, 0.5) is 46.0 Å². The molecular weight excluding hydrogens is 1470 g/mol. The summed E-state index contributed by atoms with van der Waals surface area (Å²) in [6.07, 6.45) is 13.1. The first-order chi connectivity index (χ1) is 53.9. The molecule has 8 aromatic heterocycles. The Morgan fingerprint density at radius 3 is 1.05 bits per heavy atom. The van der Waals surface area contributed by atoms with E-state index in [1.165, 1.54) is 19.2 Å². The SMILES string of the molecule is C=CCc1c(CC)nc(-c2ccsc2)nc1Nc1ccc(C(=O)O)cc1.C=CCc1c(CC)nc(-c2ccsc2)nc1Nc1ccc(C(=O)O)cc1OC.C=CCc1c(CC)nc(-c2ccsc2)nc1Nc1ccc(CC(=O)O)cc1.C=CCc1c(CC)nc(-c2ccsc2)nc1Nc1ccc2cc(C(=O)O)ccc2c1. The molecule has 13 aromatic rings. The van der Waals surface area contributed by atoms with Gasteiger partial charge in [-0.3, -0.25) is 4.79 Å². The smallest absolute Gasteiger partial charge is 0.335 e. The lowest BCUT2D eigenvalue weighted by Crippen LogP contribution is -2.08. The molecule has 5 aromatic carbocycles. The number of hydrogen-bond acceptors (Lipinski definition) is 21. The van der Waals surface area contributed by atoms with E-state index in [1.807, 2.05) is 140 Å². The number of aromatic carboxylic acids is 3. The van der Waals surface area contributed by atoms with Crippen molar-refractivity contribution in [3.05, 3.63) is 288 Å². The number of nitrogens with zero attached hydrogens (tertiary/aromatic N) is 8. The van der Waals surface area contributed by atoms with E-state index >= 15 is 0 Å². The summed E-state index contributed by atoms with van der Waals surface area (Å²) in [6, 6.07) is 37.6. The van der Waals surface area contributed by atoms with E-state index in [2.05, 4.69) is 75.3 Å². The van der Waals surface area contributed by atoms with Crippen LogP contribution in [0.1, 0.15) is 109 Å². The molecule has 0 spiro atoms. The van der Waals surface area contributed by atoms with Crippen LogP contribution in [0.2, 0.25) is 0 Å². The van der Waals surface area contributed by atoms with Gasteiger partial charge in [0.1, 0.15) is 29.0 Å². The van der Waals surface area contributed by atoms with Crippen molar-refractivity contribution in [1.29, 1.82) is 0 Å². The highest BCUT2D eigenvalue weighted by atomic mass is 32.1. The predicted molar refractivity (Wildman–Crippen MR) is 450 cm³/mol. The number of thiophene rings is 4. The number of aromatic nitrogens is 8. The molecule has 111 heavy (non-hydrogen) atoms. The van der Waals surface area contributed by atoms with E-state index in [9.17, 15) is 29.4 Å². The van der Waals surface area contributed by atoms with Crippen molar-refractivity contribution in [2.75, 3.05) is 28.4 Å². The summed E-state index contributed by atoms with van der Waals surface area (Å²) < 4.78 is 5.38. The minimum Gasteiger partial charge on any atom is -0.495 e. The van der Waals surface area contributed by atoms with Crippen molar-refractivity contribution in [2.45, 2.75) is 85.5 Å². The number of carboxylic acids is 4. The lowest BCUT2D eigenvalue weighted by Gasteiger charge is -2.17. The summed E-state index contributed by atoms with van der Waals surface area (Å²) >= 11 is 6.43. The number of allylic oxidation sites excluding steroid dienone is 4. The van der Waals surface area contributed by atoms with Gasteiger partial charge >= 0.3 is 23.9 Å². The minimum absolute atomic E-state index is 0.0117. The Kier molecular flexibility index (Phi) is 28.7.